The number of esters is 1. The third-order valence-corrected chi connectivity index (χ3v) is 3.15. The summed E-state index contributed by atoms with van der Waals surface area (Å²) in [6, 6.07) is 4.77. The minimum absolute atomic E-state index is 0.159. The maximum atomic E-state index is 12.5. The van der Waals surface area contributed by atoms with Crippen LogP contribution >= 0.6 is 15.9 Å². The molecule has 0 bridgehead atoms. The molecule has 0 aliphatic carbocycles. The summed E-state index contributed by atoms with van der Waals surface area (Å²) in [5.41, 5.74) is 0.603. The second-order valence-corrected chi connectivity index (χ2v) is 5.22. The van der Waals surface area contributed by atoms with Crippen LogP contribution in [0.4, 0.5) is 19.1 Å². The van der Waals surface area contributed by atoms with Gasteiger partial charge in [0.1, 0.15) is 11.0 Å². The number of carbonyl (C=O) groups excluding carboxylic acids is 1. The number of hydrogen-bond acceptors (Lipinski definition) is 6. The Hall–Kier alpha value is -2.17. The number of carbonyl (C=O) groups is 1. The van der Waals surface area contributed by atoms with Gasteiger partial charge in [-0.15, -0.1) is 0 Å². The SMILES string of the molecule is O=C(CCNc1nnc2cc(Br)ccc2[n+]1[O-])OC(F)C(F)F. The van der Waals surface area contributed by atoms with Crippen molar-refractivity contribution in [1.82, 2.24) is 10.2 Å². The number of ether oxygens (including phenoxy) is 1. The van der Waals surface area contributed by atoms with Crippen LogP contribution in [0.1, 0.15) is 6.42 Å². The minimum atomic E-state index is -3.40. The normalized spacial score (nSPS) is 12.4. The molecule has 7 nitrogen and oxygen atoms in total. The number of rotatable bonds is 6. The predicted octanol–water partition coefficient (Wildman–Crippen LogP) is 1.93. The van der Waals surface area contributed by atoms with Gasteiger partial charge in [0.2, 0.25) is 0 Å². The molecule has 0 saturated heterocycles. The van der Waals surface area contributed by atoms with Crippen molar-refractivity contribution in [3.8, 4) is 0 Å². The quantitative estimate of drug-likeness (QED) is 0.457. The number of halogens is 4. The average Bonchev–Trinajstić information content (AvgIpc) is 2.49. The molecule has 0 amide bonds. The van der Waals surface area contributed by atoms with Crippen LogP contribution in [0.3, 0.4) is 0 Å². The zero-order valence-electron chi connectivity index (χ0n) is 11.4. The number of benzene rings is 1. The van der Waals surface area contributed by atoms with Gasteiger partial charge in [-0.05, 0) is 18.2 Å². The molecule has 0 aliphatic heterocycles. The van der Waals surface area contributed by atoms with Crippen molar-refractivity contribution < 1.29 is 27.4 Å². The molecule has 2 aromatic rings. The summed E-state index contributed by atoms with van der Waals surface area (Å²) in [5.74, 6) is -1.35. The van der Waals surface area contributed by atoms with Crippen molar-refractivity contribution in [3.05, 3.63) is 27.9 Å². The zero-order chi connectivity index (χ0) is 17.0. The predicted molar refractivity (Wildman–Crippen MR) is 76.3 cm³/mol. The van der Waals surface area contributed by atoms with Crippen LogP contribution in [0.25, 0.3) is 11.0 Å². The molecule has 0 spiro atoms. The molecule has 0 fully saturated rings. The summed E-state index contributed by atoms with van der Waals surface area (Å²) in [5, 5.41) is 22.0. The highest BCUT2D eigenvalue weighted by molar-refractivity contribution is 9.10. The molecule has 124 valence electrons. The van der Waals surface area contributed by atoms with Gasteiger partial charge in [-0.1, -0.05) is 21.0 Å². The molecule has 2 rings (SSSR count). The van der Waals surface area contributed by atoms with E-state index >= 15 is 0 Å². The number of fused-ring (bicyclic) bond motifs is 1. The Labute approximate surface area is 136 Å². The maximum Gasteiger partial charge on any atom is 0.415 e. The fourth-order valence-electron chi connectivity index (χ4n) is 1.62. The van der Waals surface area contributed by atoms with E-state index in [4.69, 9.17) is 0 Å². The van der Waals surface area contributed by atoms with E-state index in [0.717, 1.165) is 4.47 Å². The molecular formula is C12H10BrF3N4O3. The smallest absolute Gasteiger partial charge is 0.415 e. The van der Waals surface area contributed by atoms with Crippen molar-refractivity contribution in [3.63, 3.8) is 0 Å². The zero-order valence-corrected chi connectivity index (χ0v) is 13.0. The van der Waals surface area contributed by atoms with Crippen LogP contribution in [0.5, 0.6) is 0 Å². The van der Waals surface area contributed by atoms with E-state index in [9.17, 15) is 23.2 Å². The van der Waals surface area contributed by atoms with Crippen molar-refractivity contribution in [2.75, 3.05) is 11.9 Å². The molecule has 0 aliphatic rings. The lowest BCUT2D eigenvalue weighted by atomic mass is 10.3. The molecule has 11 heteroatoms. The lowest BCUT2D eigenvalue weighted by molar-refractivity contribution is -0.565. The standard InChI is InChI=1S/C12H10BrF3N4O3/c13-6-1-2-8-7(5-6)18-19-12(20(8)22)17-4-3-9(21)23-11(16)10(14)15/h1-2,5,10-11H,3-4H2,(H,17,19). The molecular weight excluding hydrogens is 385 g/mol. The summed E-state index contributed by atoms with van der Waals surface area (Å²) in [7, 11) is 0. The molecule has 1 aromatic carbocycles. The van der Waals surface area contributed by atoms with E-state index < -0.39 is 25.2 Å². The van der Waals surface area contributed by atoms with Gasteiger partial charge in [0.15, 0.2) is 0 Å². The largest absolute Gasteiger partial charge is 0.740 e. The first-order valence-corrected chi connectivity index (χ1v) is 7.09. The summed E-state index contributed by atoms with van der Waals surface area (Å²) >= 11 is 3.23. The molecule has 1 N–H and O–H groups in total. The van der Waals surface area contributed by atoms with Gasteiger partial charge in [0, 0.05) is 9.57 Å². The van der Waals surface area contributed by atoms with Crippen LogP contribution in [-0.2, 0) is 9.53 Å². The highest BCUT2D eigenvalue weighted by Gasteiger charge is 2.23. The highest BCUT2D eigenvalue weighted by Crippen LogP contribution is 2.15. The first-order valence-electron chi connectivity index (χ1n) is 6.29. The Morgan fingerprint density at radius 1 is 1.39 bits per heavy atom. The van der Waals surface area contributed by atoms with Crippen molar-refractivity contribution in [2.24, 2.45) is 0 Å². The van der Waals surface area contributed by atoms with Crippen LogP contribution in [-0.4, -0.2) is 35.5 Å². The summed E-state index contributed by atoms with van der Waals surface area (Å²) in [6.45, 7) is -0.159. The Morgan fingerprint density at radius 3 is 2.83 bits per heavy atom. The topological polar surface area (TPSA) is 91.1 Å². The Morgan fingerprint density at radius 2 is 2.13 bits per heavy atom. The second kappa shape index (κ2) is 7.40. The summed E-state index contributed by atoms with van der Waals surface area (Å²) in [4.78, 5) is 11.1. The fraction of sp³-hybridized carbons (Fsp3) is 0.333. The van der Waals surface area contributed by atoms with E-state index in [1.807, 2.05) is 0 Å². The van der Waals surface area contributed by atoms with Gasteiger partial charge in [-0.3, -0.25) is 10.1 Å². The lowest BCUT2D eigenvalue weighted by Gasteiger charge is -2.11. The number of nitrogens with zero attached hydrogens (tertiary/aromatic N) is 3. The molecule has 1 atom stereocenters. The fourth-order valence-corrected chi connectivity index (χ4v) is 1.97. The molecule has 1 unspecified atom stereocenters. The summed E-state index contributed by atoms with van der Waals surface area (Å²) in [6.07, 6.45) is -6.79. The van der Waals surface area contributed by atoms with Gasteiger partial charge in [-0.25, -0.2) is 13.5 Å². The van der Waals surface area contributed by atoms with Gasteiger partial charge in [0.25, 0.3) is 0 Å². The number of anilines is 1. The number of nitrogens with one attached hydrogen (secondary N) is 1. The lowest BCUT2D eigenvalue weighted by Crippen LogP contribution is -2.34. The van der Waals surface area contributed by atoms with Crippen molar-refractivity contribution in [1.29, 1.82) is 0 Å². The van der Waals surface area contributed by atoms with E-state index in [2.05, 4.69) is 36.2 Å². The third-order valence-electron chi connectivity index (χ3n) is 2.66. The minimum Gasteiger partial charge on any atom is -0.740 e. The molecule has 0 radical (unpaired) electrons. The first kappa shape index (κ1) is 17.2. The molecule has 0 saturated carbocycles. The van der Waals surface area contributed by atoms with Crippen LogP contribution in [0.2, 0.25) is 0 Å². The Bertz CT molecular complexity index is 719. The Balaban J connectivity index is 1.96. The third kappa shape index (κ3) is 4.41. The van der Waals surface area contributed by atoms with Crippen LogP contribution in [0.15, 0.2) is 22.7 Å². The van der Waals surface area contributed by atoms with Gasteiger partial charge in [0.05, 0.1) is 13.0 Å². The maximum absolute atomic E-state index is 12.5. The molecule has 1 heterocycles. The van der Waals surface area contributed by atoms with Crippen LogP contribution < -0.4 is 10.0 Å². The average molecular weight is 395 g/mol. The number of alkyl halides is 3. The highest BCUT2D eigenvalue weighted by atomic mass is 79.9. The molecule has 23 heavy (non-hydrogen) atoms. The van der Waals surface area contributed by atoms with Crippen molar-refractivity contribution >= 4 is 38.9 Å². The van der Waals surface area contributed by atoms with Crippen molar-refractivity contribution in [2.45, 2.75) is 19.2 Å². The van der Waals surface area contributed by atoms with Gasteiger partial charge >= 0.3 is 24.7 Å². The monoisotopic (exact) mass is 394 g/mol. The van der Waals surface area contributed by atoms with E-state index in [-0.39, 0.29) is 18.0 Å². The first-order chi connectivity index (χ1) is 10.9. The van der Waals surface area contributed by atoms with Gasteiger partial charge in [-0.2, -0.15) is 4.39 Å². The molecule has 1 aromatic heterocycles. The van der Waals surface area contributed by atoms with E-state index in [0.29, 0.717) is 10.2 Å². The number of aromatic nitrogens is 3. The van der Waals surface area contributed by atoms with E-state index in [1.54, 1.807) is 12.1 Å². The van der Waals surface area contributed by atoms with Gasteiger partial charge < -0.3 is 9.94 Å². The second-order valence-electron chi connectivity index (χ2n) is 4.30. The van der Waals surface area contributed by atoms with Crippen LogP contribution in [0, 0.1) is 5.21 Å². The summed E-state index contributed by atoms with van der Waals surface area (Å²) < 4.78 is 41.3. The number of hydrogen-bond donors (Lipinski definition) is 1. The Kier molecular flexibility index (Phi) is 5.53. The van der Waals surface area contributed by atoms with E-state index in [1.165, 1.54) is 6.07 Å².